The molecule has 0 spiro atoms. The summed E-state index contributed by atoms with van der Waals surface area (Å²) in [6.45, 7) is 6.64. The van der Waals surface area contributed by atoms with Gasteiger partial charge in [-0.05, 0) is 72.1 Å². The molecule has 1 aliphatic rings. The van der Waals surface area contributed by atoms with E-state index in [0.717, 1.165) is 84.9 Å². The maximum atomic E-state index is 12.6. The van der Waals surface area contributed by atoms with E-state index >= 15 is 0 Å². The number of ether oxygens (including phenoxy) is 1. The third-order valence-corrected chi connectivity index (χ3v) is 7.82. The minimum absolute atomic E-state index is 0. The monoisotopic (exact) mass is 626 g/mol. The molecule has 5 nitrogen and oxygen atoms in total. The first-order chi connectivity index (χ1) is 19.2. The Kier molecular flexibility index (Phi) is 10.5. The van der Waals surface area contributed by atoms with Gasteiger partial charge in [-0.1, -0.05) is 41.4 Å². The quantitative estimate of drug-likeness (QED) is 0.208. The van der Waals surface area contributed by atoms with Gasteiger partial charge in [0.1, 0.15) is 5.75 Å². The standard InChI is InChI=1S/C30H31Cl2F3N4O.ClH/c31-24-5-8-28(32)23(17-24)19-38-14-12-37(13-15-38)18-21-2-9-29-26(16-21)27(20-39(29)11-1-10-36)22-3-6-25(7-4-22)40-30(33,34)35;/h2-9,16-17,20H,1,10-15,18-19,36H2;1H. The summed E-state index contributed by atoms with van der Waals surface area (Å²) in [4.78, 5) is 4.82. The smallest absolute Gasteiger partial charge is 0.406 e. The van der Waals surface area contributed by atoms with Gasteiger partial charge in [-0.15, -0.1) is 25.6 Å². The van der Waals surface area contributed by atoms with Crippen molar-refractivity contribution in [2.45, 2.75) is 32.4 Å². The minimum atomic E-state index is -4.72. The summed E-state index contributed by atoms with van der Waals surface area (Å²) in [5.41, 5.74) is 10.9. The van der Waals surface area contributed by atoms with E-state index in [-0.39, 0.29) is 18.2 Å². The molecule has 41 heavy (non-hydrogen) atoms. The number of nitrogens with two attached hydrogens (primary N) is 1. The van der Waals surface area contributed by atoms with Crippen molar-refractivity contribution in [2.75, 3.05) is 32.7 Å². The molecule has 2 heterocycles. The zero-order valence-corrected chi connectivity index (χ0v) is 24.7. The molecule has 220 valence electrons. The van der Waals surface area contributed by atoms with Gasteiger partial charge in [0.15, 0.2) is 0 Å². The van der Waals surface area contributed by atoms with Crippen molar-refractivity contribution < 1.29 is 17.9 Å². The van der Waals surface area contributed by atoms with Crippen molar-refractivity contribution in [3.63, 3.8) is 0 Å². The Hall–Kier alpha value is -2.46. The van der Waals surface area contributed by atoms with E-state index in [1.54, 1.807) is 18.2 Å². The fourth-order valence-electron chi connectivity index (χ4n) is 5.22. The highest BCUT2D eigenvalue weighted by Gasteiger charge is 2.31. The van der Waals surface area contributed by atoms with Crippen LogP contribution in [0.5, 0.6) is 5.75 Å². The number of alkyl halides is 3. The number of aromatic nitrogens is 1. The predicted octanol–water partition coefficient (Wildman–Crippen LogP) is 7.60. The molecule has 0 unspecified atom stereocenters. The van der Waals surface area contributed by atoms with Gasteiger partial charge >= 0.3 is 6.36 Å². The molecule has 1 saturated heterocycles. The average Bonchev–Trinajstić information content (AvgIpc) is 3.28. The van der Waals surface area contributed by atoms with Crippen LogP contribution in [0.4, 0.5) is 13.2 Å². The number of piperazine rings is 1. The Morgan fingerprint density at radius 2 is 1.54 bits per heavy atom. The molecule has 11 heteroatoms. The molecule has 5 rings (SSSR count). The van der Waals surface area contributed by atoms with Crippen LogP contribution in [0.1, 0.15) is 17.5 Å². The first-order valence-corrected chi connectivity index (χ1v) is 14.0. The zero-order valence-electron chi connectivity index (χ0n) is 22.3. The van der Waals surface area contributed by atoms with Crippen molar-refractivity contribution in [1.29, 1.82) is 0 Å². The van der Waals surface area contributed by atoms with Crippen molar-refractivity contribution in [1.82, 2.24) is 14.4 Å². The Balaban J connectivity index is 0.00000387. The lowest BCUT2D eigenvalue weighted by atomic mass is 10.0. The Morgan fingerprint density at radius 3 is 2.20 bits per heavy atom. The molecule has 0 atom stereocenters. The lowest BCUT2D eigenvalue weighted by molar-refractivity contribution is -0.274. The second-order valence-electron chi connectivity index (χ2n) is 10.1. The van der Waals surface area contributed by atoms with Gasteiger partial charge < -0.3 is 15.0 Å². The van der Waals surface area contributed by atoms with Crippen LogP contribution in [-0.2, 0) is 19.6 Å². The summed E-state index contributed by atoms with van der Waals surface area (Å²) in [5, 5.41) is 2.49. The van der Waals surface area contributed by atoms with E-state index in [2.05, 4.69) is 43.5 Å². The summed E-state index contributed by atoms with van der Waals surface area (Å²) < 4.78 is 44.1. The number of hydrogen-bond acceptors (Lipinski definition) is 4. The Morgan fingerprint density at radius 1 is 0.854 bits per heavy atom. The first kappa shape index (κ1) is 31.5. The summed E-state index contributed by atoms with van der Waals surface area (Å²) >= 11 is 12.5. The van der Waals surface area contributed by atoms with E-state index < -0.39 is 6.36 Å². The lowest BCUT2D eigenvalue weighted by Gasteiger charge is -2.35. The van der Waals surface area contributed by atoms with Crippen LogP contribution in [0.25, 0.3) is 22.0 Å². The van der Waals surface area contributed by atoms with Crippen LogP contribution < -0.4 is 10.5 Å². The molecule has 1 aromatic heterocycles. The Bertz CT molecular complexity index is 1450. The number of nitrogens with zero attached hydrogens (tertiary/aromatic N) is 3. The largest absolute Gasteiger partial charge is 0.573 e. The van der Waals surface area contributed by atoms with Crippen LogP contribution in [0.2, 0.25) is 10.0 Å². The normalized spacial score (nSPS) is 14.8. The molecule has 1 aliphatic heterocycles. The minimum Gasteiger partial charge on any atom is -0.406 e. The van der Waals surface area contributed by atoms with E-state index in [9.17, 15) is 13.2 Å². The summed E-state index contributed by atoms with van der Waals surface area (Å²) in [7, 11) is 0. The molecule has 3 aromatic carbocycles. The molecule has 0 bridgehead atoms. The topological polar surface area (TPSA) is 46.7 Å². The maximum absolute atomic E-state index is 12.6. The molecule has 0 saturated carbocycles. The number of halogens is 6. The molecule has 0 amide bonds. The summed E-state index contributed by atoms with van der Waals surface area (Å²) in [6.07, 6.45) is -1.83. The van der Waals surface area contributed by atoms with Gasteiger partial charge in [-0.25, -0.2) is 0 Å². The highest BCUT2D eigenvalue weighted by Crippen LogP contribution is 2.34. The van der Waals surface area contributed by atoms with Crippen molar-refractivity contribution in [2.24, 2.45) is 5.73 Å². The van der Waals surface area contributed by atoms with Gasteiger partial charge in [0, 0.05) is 78.5 Å². The van der Waals surface area contributed by atoms with Crippen molar-refractivity contribution >= 4 is 46.5 Å². The second-order valence-corrected chi connectivity index (χ2v) is 10.9. The number of aryl methyl sites for hydroxylation is 1. The van der Waals surface area contributed by atoms with E-state index in [1.165, 1.54) is 17.7 Å². The highest BCUT2D eigenvalue weighted by atomic mass is 35.5. The van der Waals surface area contributed by atoms with Crippen LogP contribution in [0, 0.1) is 0 Å². The first-order valence-electron chi connectivity index (χ1n) is 13.3. The van der Waals surface area contributed by atoms with Gasteiger partial charge in [0.2, 0.25) is 0 Å². The SMILES string of the molecule is Cl.NCCCn1cc(-c2ccc(OC(F)(F)F)cc2)c2cc(CN3CCN(Cc4cc(Cl)ccc4Cl)CC3)ccc21. The van der Waals surface area contributed by atoms with E-state index in [1.807, 2.05) is 12.1 Å². The highest BCUT2D eigenvalue weighted by molar-refractivity contribution is 6.33. The van der Waals surface area contributed by atoms with Gasteiger partial charge in [0.25, 0.3) is 0 Å². The van der Waals surface area contributed by atoms with Crippen LogP contribution >= 0.6 is 35.6 Å². The number of hydrogen-bond donors (Lipinski definition) is 1. The summed E-state index contributed by atoms with van der Waals surface area (Å²) in [5.74, 6) is -0.236. The van der Waals surface area contributed by atoms with Gasteiger partial charge in [0.05, 0.1) is 0 Å². The number of benzene rings is 3. The van der Waals surface area contributed by atoms with Gasteiger partial charge in [-0.2, -0.15) is 0 Å². The number of fused-ring (bicyclic) bond motifs is 1. The second kappa shape index (κ2) is 13.7. The molecule has 4 aromatic rings. The summed E-state index contributed by atoms with van der Waals surface area (Å²) in [6, 6.07) is 18.1. The molecular formula is C30H32Cl3F3N4O. The fourth-order valence-corrected chi connectivity index (χ4v) is 5.60. The van der Waals surface area contributed by atoms with Gasteiger partial charge in [-0.3, -0.25) is 9.80 Å². The lowest BCUT2D eigenvalue weighted by Crippen LogP contribution is -2.45. The Labute approximate surface area is 254 Å². The fraction of sp³-hybridized carbons (Fsp3) is 0.333. The average molecular weight is 628 g/mol. The molecule has 0 aliphatic carbocycles. The van der Waals surface area contributed by atoms with E-state index in [0.29, 0.717) is 11.6 Å². The molecular weight excluding hydrogens is 596 g/mol. The molecule has 2 N–H and O–H groups in total. The van der Waals surface area contributed by atoms with E-state index in [4.69, 9.17) is 28.9 Å². The van der Waals surface area contributed by atoms with Crippen molar-refractivity contribution in [3.8, 4) is 16.9 Å². The predicted molar refractivity (Wildman–Crippen MR) is 162 cm³/mol. The van der Waals surface area contributed by atoms with Crippen LogP contribution in [0.15, 0.2) is 66.9 Å². The maximum Gasteiger partial charge on any atom is 0.573 e. The van der Waals surface area contributed by atoms with Crippen LogP contribution in [-0.4, -0.2) is 53.5 Å². The third-order valence-electron chi connectivity index (χ3n) is 7.22. The molecule has 0 radical (unpaired) electrons. The molecule has 1 fully saturated rings. The third kappa shape index (κ3) is 8.09. The van der Waals surface area contributed by atoms with Crippen molar-refractivity contribution in [3.05, 3.63) is 88.0 Å². The van der Waals surface area contributed by atoms with Crippen LogP contribution in [0.3, 0.4) is 0 Å². The zero-order chi connectivity index (χ0) is 28.3. The number of rotatable bonds is 9.